The standard InChI is InChI=1S/C71H135N2O6P/c1-6-8-10-12-14-16-18-20-22-24-26-28-30-31-32-33-34-35-36-37-38-39-40-41-43-45-47-49-51-53-55-57-59-61-63-65-71(75)72-69(68-79-80(76,77)78-67-66-73(3,4)5)70(74)64-62-60-58-56-54-52-50-48-46-44-42-29-27-25-23-21-19-17-15-13-11-9-7-2/h18,20,24,26,46,48,54,56,62,64,69-70,74H,6-17,19,21-23,25,27-45,47,49-53,55,57-61,63,65-68H2,1-5H3,(H-,72,75,76,77)/b20-18-,26-24-,48-46+,56-54+,64-62+. The number of hydrogen-bond donors (Lipinski definition) is 2. The van der Waals surface area contributed by atoms with Gasteiger partial charge in [-0.25, -0.2) is 0 Å². The van der Waals surface area contributed by atoms with Crippen molar-refractivity contribution in [3.05, 3.63) is 60.8 Å². The van der Waals surface area contributed by atoms with Gasteiger partial charge in [0.1, 0.15) is 13.2 Å². The Hall–Kier alpha value is -1.80. The summed E-state index contributed by atoms with van der Waals surface area (Å²) in [6.07, 6.45) is 84.9. The number of nitrogens with one attached hydrogen (secondary N) is 1. The molecular weight excluding hydrogens is 1010 g/mol. The summed E-state index contributed by atoms with van der Waals surface area (Å²) in [6, 6.07) is -0.911. The molecule has 0 saturated heterocycles. The number of hydrogen-bond acceptors (Lipinski definition) is 6. The highest BCUT2D eigenvalue weighted by atomic mass is 31.2. The zero-order chi connectivity index (χ0) is 58.4. The van der Waals surface area contributed by atoms with Crippen LogP contribution in [0.2, 0.25) is 0 Å². The number of phosphoric acid groups is 1. The second-order valence-corrected chi connectivity index (χ2v) is 26.3. The number of allylic oxidation sites excluding steroid dienone is 9. The fraction of sp³-hybridized carbons (Fsp3) is 0.845. The van der Waals surface area contributed by atoms with E-state index in [2.05, 4.69) is 67.8 Å². The number of aliphatic hydroxyl groups excluding tert-OH is 1. The molecule has 0 bridgehead atoms. The Kier molecular flexibility index (Phi) is 60.4. The smallest absolute Gasteiger partial charge is 0.268 e. The van der Waals surface area contributed by atoms with E-state index in [1.165, 1.54) is 263 Å². The second kappa shape index (κ2) is 61.8. The number of quaternary nitrogens is 1. The minimum absolute atomic E-state index is 0.00867. The lowest BCUT2D eigenvalue weighted by molar-refractivity contribution is -0.870. The normalized spacial score (nSPS) is 14.0. The number of carbonyl (C=O) groups excluding carboxylic acids is 1. The van der Waals surface area contributed by atoms with Crippen LogP contribution in [0.15, 0.2) is 60.8 Å². The first kappa shape index (κ1) is 78.2. The summed E-state index contributed by atoms with van der Waals surface area (Å²) < 4.78 is 23.4. The molecular formula is C71H135N2O6P. The highest BCUT2D eigenvalue weighted by Crippen LogP contribution is 2.38. The minimum Gasteiger partial charge on any atom is -0.756 e. The molecule has 0 spiro atoms. The molecule has 2 N–H and O–H groups in total. The summed E-state index contributed by atoms with van der Waals surface area (Å²) >= 11 is 0. The molecule has 0 rings (SSSR count). The van der Waals surface area contributed by atoms with Gasteiger partial charge in [-0.1, -0.05) is 312 Å². The van der Waals surface area contributed by atoms with Crippen molar-refractivity contribution >= 4 is 13.7 Å². The first-order chi connectivity index (χ1) is 39.0. The zero-order valence-electron chi connectivity index (χ0n) is 53.8. The summed E-state index contributed by atoms with van der Waals surface area (Å²) in [5.41, 5.74) is 0. The third-order valence-corrected chi connectivity index (χ3v) is 16.6. The first-order valence-corrected chi connectivity index (χ1v) is 36.1. The largest absolute Gasteiger partial charge is 0.756 e. The van der Waals surface area contributed by atoms with Gasteiger partial charge < -0.3 is 28.8 Å². The van der Waals surface area contributed by atoms with Crippen molar-refractivity contribution in [3.8, 4) is 0 Å². The maximum atomic E-state index is 13.0. The summed E-state index contributed by atoms with van der Waals surface area (Å²) in [4.78, 5) is 25.6. The van der Waals surface area contributed by atoms with Crippen LogP contribution in [-0.2, 0) is 18.4 Å². The van der Waals surface area contributed by atoms with E-state index in [9.17, 15) is 19.4 Å². The van der Waals surface area contributed by atoms with Gasteiger partial charge in [-0.2, -0.15) is 0 Å². The van der Waals surface area contributed by atoms with E-state index in [1.54, 1.807) is 6.08 Å². The van der Waals surface area contributed by atoms with Crippen molar-refractivity contribution < 1.29 is 32.9 Å². The molecule has 0 radical (unpaired) electrons. The van der Waals surface area contributed by atoms with Crippen molar-refractivity contribution in [2.75, 3.05) is 40.9 Å². The molecule has 0 aliphatic carbocycles. The van der Waals surface area contributed by atoms with Crippen molar-refractivity contribution in [2.24, 2.45) is 0 Å². The van der Waals surface area contributed by atoms with E-state index in [0.717, 1.165) is 51.4 Å². The fourth-order valence-corrected chi connectivity index (χ4v) is 11.0. The van der Waals surface area contributed by atoms with E-state index >= 15 is 0 Å². The molecule has 3 unspecified atom stereocenters. The molecule has 0 aromatic heterocycles. The lowest BCUT2D eigenvalue weighted by Crippen LogP contribution is -2.45. The van der Waals surface area contributed by atoms with Crippen LogP contribution >= 0.6 is 7.82 Å². The number of likely N-dealkylation sites (N-methyl/N-ethyl adjacent to an activating group) is 1. The van der Waals surface area contributed by atoms with Crippen molar-refractivity contribution in [1.82, 2.24) is 5.32 Å². The van der Waals surface area contributed by atoms with Gasteiger partial charge in [0.05, 0.1) is 39.9 Å². The summed E-state index contributed by atoms with van der Waals surface area (Å²) in [6.45, 7) is 4.65. The van der Waals surface area contributed by atoms with E-state index in [0.29, 0.717) is 17.4 Å². The van der Waals surface area contributed by atoms with E-state index < -0.39 is 26.6 Å². The van der Waals surface area contributed by atoms with Gasteiger partial charge in [0.2, 0.25) is 5.91 Å². The lowest BCUT2D eigenvalue weighted by atomic mass is 10.0. The molecule has 80 heavy (non-hydrogen) atoms. The molecule has 0 saturated carbocycles. The highest BCUT2D eigenvalue weighted by Gasteiger charge is 2.23. The van der Waals surface area contributed by atoms with E-state index in [-0.39, 0.29) is 12.5 Å². The minimum atomic E-state index is -4.61. The maximum Gasteiger partial charge on any atom is 0.268 e. The van der Waals surface area contributed by atoms with Gasteiger partial charge in [0, 0.05) is 6.42 Å². The van der Waals surface area contributed by atoms with Crippen molar-refractivity contribution in [2.45, 2.75) is 347 Å². The summed E-state index contributed by atoms with van der Waals surface area (Å²) in [5, 5.41) is 13.9. The van der Waals surface area contributed by atoms with Crippen LogP contribution in [-0.4, -0.2) is 68.5 Å². The topological polar surface area (TPSA) is 108 Å². The molecule has 8 nitrogen and oxygen atoms in total. The predicted molar refractivity (Wildman–Crippen MR) is 348 cm³/mol. The number of unbranched alkanes of at least 4 members (excludes halogenated alkanes) is 43. The van der Waals surface area contributed by atoms with Crippen LogP contribution < -0.4 is 10.2 Å². The number of nitrogens with zero attached hydrogens (tertiary/aromatic N) is 1. The van der Waals surface area contributed by atoms with Gasteiger partial charge in [-0.3, -0.25) is 9.36 Å². The number of amides is 1. The molecule has 9 heteroatoms. The maximum absolute atomic E-state index is 13.0. The average molecular weight is 1140 g/mol. The van der Waals surface area contributed by atoms with Crippen LogP contribution in [0, 0.1) is 0 Å². The van der Waals surface area contributed by atoms with Gasteiger partial charge in [-0.05, 0) is 77.0 Å². The predicted octanol–water partition coefficient (Wildman–Crippen LogP) is 21.4. The van der Waals surface area contributed by atoms with Crippen LogP contribution in [0.25, 0.3) is 0 Å². The lowest BCUT2D eigenvalue weighted by Gasteiger charge is -2.29. The molecule has 0 heterocycles. The molecule has 470 valence electrons. The highest BCUT2D eigenvalue weighted by molar-refractivity contribution is 7.45. The van der Waals surface area contributed by atoms with Gasteiger partial charge in [0.25, 0.3) is 7.82 Å². The first-order valence-electron chi connectivity index (χ1n) is 34.7. The summed E-state index contributed by atoms with van der Waals surface area (Å²) in [5.74, 6) is -0.206. The van der Waals surface area contributed by atoms with Crippen LogP contribution in [0.4, 0.5) is 0 Å². The zero-order valence-corrected chi connectivity index (χ0v) is 54.7. The average Bonchev–Trinajstić information content (AvgIpc) is 3.42. The molecule has 0 fully saturated rings. The van der Waals surface area contributed by atoms with E-state index in [1.807, 2.05) is 27.2 Å². The Bertz CT molecular complexity index is 1490. The number of aliphatic hydroxyl groups is 1. The Balaban J connectivity index is 4.06. The quantitative estimate of drug-likeness (QED) is 0.0272. The summed E-state index contributed by atoms with van der Waals surface area (Å²) in [7, 11) is 1.24. The van der Waals surface area contributed by atoms with Gasteiger partial charge >= 0.3 is 0 Å². The Morgan fingerprint density at radius 2 is 0.738 bits per heavy atom. The monoisotopic (exact) mass is 1140 g/mol. The van der Waals surface area contributed by atoms with Crippen LogP contribution in [0.1, 0.15) is 335 Å². The Morgan fingerprint density at radius 3 is 1.09 bits per heavy atom. The molecule has 0 aliphatic rings. The number of carbonyl (C=O) groups is 1. The molecule has 3 atom stereocenters. The Labute approximate surface area is 498 Å². The number of phosphoric ester groups is 1. The molecule has 0 aromatic rings. The molecule has 0 aliphatic heterocycles. The Morgan fingerprint density at radius 1 is 0.438 bits per heavy atom. The second-order valence-electron chi connectivity index (χ2n) is 24.9. The number of rotatable bonds is 64. The third kappa shape index (κ3) is 63.8. The van der Waals surface area contributed by atoms with Crippen molar-refractivity contribution in [3.63, 3.8) is 0 Å². The molecule has 1 amide bonds. The van der Waals surface area contributed by atoms with Crippen LogP contribution in [0.5, 0.6) is 0 Å². The van der Waals surface area contributed by atoms with Crippen LogP contribution in [0.3, 0.4) is 0 Å². The third-order valence-electron chi connectivity index (χ3n) is 15.7. The van der Waals surface area contributed by atoms with E-state index in [4.69, 9.17) is 9.05 Å². The fourth-order valence-electron chi connectivity index (χ4n) is 10.3. The van der Waals surface area contributed by atoms with Gasteiger partial charge in [0.15, 0.2) is 0 Å². The molecule has 0 aromatic carbocycles. The van der Waals surface area contributed by atoms with Crippen molar-refractivity contribution in [1.29, 1.82) is 0 Å². The SMILES string of the molecule is CCCCCCC/C=C\C/C=C\CCCCCCCCCCCCCCCCCCCCCCCCCC(=O)NC(COP(=O)([O-])OCC[N+](C)(C)C)C(O)/C=C/CC/C=C/CC/C=C/CCCCCCCCCCCCCCC. The van der Waals surface area contributed by atoms with Gasteiger partial charge in [-0.15, -0.1) is 0 Å².